The summed E-state index contributed by atoms with van der Waals surface area (Å²) in [6.45, 7) is 0.137. The van der Waals surface area contributed by atoms with Gasteiger partial charge in [-0.25, -0.2) is 0 Å². The third-order valence-electron chi connectivity index (χ3n) is 2.54. The Kier molecular flexibility index (Phi) is 3.60. The number of ether oxygens (including phenoxy) is 1. The van der Waals surface area contributed by atoms with Gasteiger partial charge in [-0.05, 0) is 40.6 Å². The summed E-state index contributed by atoms with van der Waals surface area (Å²) in [5.74, 6) is 0. The fourth-order valence-electron chi connectivity index (χ4n) is 1.78. The van der Waals surface area contributed by atoms with Gasteiger partial charge in [0.25, 0.3) is 0 Å². The van der Waals surface area contributed by atoms with Crippen LogP contribution in [0, 0.1) is 0 Å². The lowest BCUT2D eigenvalue weighted by atomic mass is 10.0. The fraction of sp³-hybridized carbons (Fsp3) is 0.600. The van der Waals surface area contributed by atoms with Crippen LogP contribution < -0.4 is 0 Å². The summed E-state index contributed by atoms with van der Waals surface area (Å²) in [4.78, 5) is 0. The summed E-state index contributed by atoms with van der Waals surface area (Å²) in [7, 11) is 0. The molecular weight excluding hydrogens is 264 g/mol. The van der Waals surface area contributed by atoms with E-state index in [0.29, 0.717) is 0 Å². The molecule has 2 atom stereocenters. The van der Waals surface area contributed by atoms with Crippen LogP contribution in [-0.2, 0) is 4.74 Å². The predicted octanol–water partition coefficient (Wildman–Crippen LogP) is 3.11. The van der Waals surface area contributed by atoms with Gasteiger partial charge in [0.15, 0.2) is 0 Å². The minimum absolute atomic E-state index is 0.0283. The smallest absolute Gasteiger partial charge is 0.0848 e. The van der Waals surface area contributed by atoms with Crippen molar-refractivity contribution in [3.63, 3.8) is 0 Å². The Morgan fingerprint density at radius 2 is 2.36 bits per heavy atom. The van der Waals surface area contributed by atoms with E-state index in [-0.39, 0.29) is 18.8 Å². The summed E-state index contributed by atoms with van der Waals surface area (Å²) in [6, 6.07) is 0. The van der Waals surface area contributed by atoms with Crippen molar-refractivity contribution in [1.29, 1.82) is 0 Å². The molecule has 4 heteroatoms. The van der Waals surface area contributed by atoms with Crippen LogP contribution in [-0.4, -0.2) is 17.8 Å². The zero-order valence-corrected chi connectivity index (χ0v) is 10.2. The van der Waals surface area contributed by atoms with Gasteiger partial charge >= 0.3 is 0 Å². The second-order valence-corrected chi connectivity index (χ2v) is 5.13. The number of thiophene rings is 1. The highest BCUT2D eigenvalue weighted by Crippen LogP contribution is 2.36. The van der Waals surface area contributed by atoms with Gasteiger partial charge in [0.2, 0.25) is 0 Å². The monoisotopic (exact) mass is 276 g/mol. The van der Waals surface area contributed by atoms with Gasteiger partial charge in [0, 0.05) is 15.4 Å². The number of aliphatic hydroxyl groups excluding tert-OH is 1. The lowest BCUT2D eigenvalue weighted by Gasteiger charge is -2.28. The Morgan fingerprint density at radius 3 is 3.00 bits per heavy atom. The summed E-state index contributed by atoms with van der Waals surface area (Å²) in [5.41, 5.74) is 1.23. The van der Waals surface area contributed by atoms with E-state index in [0.717, 1.165) is 23.7 Å². The first-order chi connectivity index (χ1) is 6.81. The maximum atomic E-state index is 9.04. The molecule has 1 N–H and O–H groups in total. The third kappa shape index (κ3) is 2.19. The first-order valence-corrected chi connectivity index (χ1v) is 6.52. The van der Waals surface area contributed by atoms with Crippen LogP contribution >= 0.6 is 27.3 Å². The third-order valence-corrected chi connectivity index (χ3v) is 4.29. The van der Waals surface area contributed by atoms with E-state index in [2.05, 4.69) is 26.7 Å². The molecule has 14 heavy (non-hydrogen) atoms. The summed E-state index contributed by atoms with van der Waals surface area (Å²) >= 11 is 5.19. The molecule has 0 bridgehead atoms. The van der Waals surface area contributed by atoms with Crippen molar-refractivity contribution in [2.75, 3.05) is 6.61 Å². The molecule has 2 rings (SSSR count). The van der Waals surface area contributed by atoms with Gasteiger partial charge in [-0.15, -0.1) is 0 Å². The molecule has 1 aliphatic rings. The number of hydrogen-bond donors (Lipinski definition) is 1. The fourth-order valence-corrected chi connectivity index (χ4v) is 3.38. The van der Waals surface area contributed by atoms with Crippen molar-refractivity contribution < 1.29 is 9.84 Å². The molecule has 1 aromatic heterocycles. The molecule has 2 nitrogen and oxygen atoms in total. The second kappa shape index (κ2) is 4.75. The number of hydrogen-bond acceptors (Lipinski definition) is 3. The Hall–Kier alpha value is 0.1000. The quantitative estimate of drug-likeness (QED) is 0.900. The van der Waals surface area contributed by atoms with E-state index >= 15 is 0 Å². The van der Waals surface area contributed by atoms with Crippen LogP contribution in [0.25, 0.3) is 0 Å². The Bertz CT molecular complexity index is 300. The molecule has 1 fully saturated rings. The van der Waals surface area contributed by atoms with E-state index in [1.807, 2.05) is 0 Å². The van der Waals surface area contributed by atoms with E-state index in [1.54, 1.807) is 11.3 Å². The normalized spacial score (nSPS) is 27.9. The Labute approximate surface area is 96.0 Å². The van der Waals surface area contributed by atoms with Crippen molar-refractivity contribution in [2.24, 2.45) is 0 Å². The summed E-state index contributed by atoms with van der Waals surface area (Å²) in [6.07, 6.45) is 3.38. The molecule has 0 saturated carbocycles. The van der Waals surface area contributed by atoms with Gasteiger partial charge in [-0.1, -0.05) is 0 Å². The van der Waals surface area contributed by atoms with Crippen molar-refractivity contribution in [1.82, 2.24) is 0 Å². The maximum Gasteiger partial charge on any atom is 0.0848 e. The van der Waals surface area contributed by atoms with Crippen LogP contribution in [0.4, 0.5) is 0 Å². The summed E-state index contributed by atoms with van der Waals surface area (Å²) in [5, 5.41) is 13.2. The number of rotatable bonds is 2. The molecule has 1 aromatic rings. The van der Waals surface area contributed by atoms with Crippen LogP contribution in [0.2, 0.25) is 0 Å². The van der Waals surface area contributed by atoms with E-state index in [1.165, 1.54) is 5.56 Å². The van der Waals surface area contributed by atoms with Gasteiger partial charge in [0.05, 0.1) is 18.8 Å². The lowest BCUT2D eigenvalue weighted by Crippen LogP contribution is -2.25. The van der Waals surface area contributed by atoms with Gasteiger partial charge < -0.3 is 9.84 Å². The number of halogens is 1. The molecule has 1 saturated heterocycles. The van der Waals surface area contributed by atoms with Crippen molar-refractivity contribution in [3.8, 4) is 0 Å². The first kappa shape index (κ1) is 10.6. The highest BCUT2D eigenvalue weighted by atomic mass is 79.9. The van der Waals surface area contributed by atoms with E-state index in [4.69, 9.17) is 9.84 Å². The van der Waals surface area contributed by atoms with Crippen LogP contribution in [0.1, 0.15) is 30.9 Å². The van der Waals surface area contributed by atoms with Gasteiger partial charge in [-0.3, -0.25) is 0 Å². The van der Waals surface area contributed by atoms with Crippen LogP contribution in [0.5, 0.6) is 0 Å². The van der Waals surface area contributed by atoms with E-state index in [9.17, 15) is 0 Å². The minimum atomic E-state index is 0.0283. The highest BCUT2D eigenvalue weighted by molar-refractivity contribution is 9.10. The zero-order valence-electron chi connectivity index (χ0n) is 7.78. The molecule has 0 aromatic carbocycles. The molecule has 0 spiro atoms. The Morgan fingerprint density at radius 1 is 1.50 bits per heavy atom. The second-order valence-electron chi connectivity index (χ2n) is 3.54. The molecule has 78 valence electrons. The first-order valence-electron chi connectivity index (χ1n) is 4.79. The Balaban J connectivity index is 2.08. The molecule has 1 aliphatic heterocycles. The predicted molar refractivity (Wildman–Crippen MR) is 60.6 cm³/mol. The van der Waals surface area contributed by atoms with E-state index < -0.39 is 0 Å². The molecule has 2 unspecified atom stereocenters. The van der Waals surface area contributed by atoms with Crippen molar-refractivity contribution in [3.05, 3.63) is 20.8 Å². The average molecular weight is 277 g/mol. The average Bonchev–Trinajstić information content (AvgIpc) is 2.65. The minimum Gasteiger partial charge on any atom is -0.394 e. The maximum absolute atomic E-state index is 9.04. The van der Waals surface area contributed by atoms with Gasteiger partial charge in [0.1, 0.15) is 0 Å². The lowest BCUT2D eigenvalue weighted by molar-refractivity contribution is -0.0738. The summed E-state index contributed by atoms with van der Waals surface area (Å²) < 4.78 is 6.92. The van der Waals surface area contributed by atoms with Crippen LogP contribution in [0.3, 0.4) is 0 Å². The largest absolute Gasteiger partial charge is 0.394 e. The molecule has 2 heterocycles. The standard InChI is InChI=1S/C10H13BrO2S/c11-9-6-14-5-8(9)10-3-1-2-7(4-12)13-10/h5-7,10,12H,1-4H2. The van der Waals surface area contributed by atoms with Crippen molar-refractivity contribution >= 4 is 27.3 Å². The highest BCUT2D eigenvalue weighted by Gasteiger charge is 2.24. The molecule has 0 radical (unpaired) electrons. The SMILES string of the molecule is OCC1CCCC(c2cscc2Br)O1. The zero-order chi connectivity index (χ0) is 9.97. The molecular formula is C10H13BrO2S. The number of aliphatic hydroxyl groups is 1. The molecule has 0 amide bonds. The van der Waals surface area contributed by atoms with Gasteiger partial charge in [-0.2, -0.15) is 11.3 Å². The molecule has 0 aliphatic carbocycles. The van der Waals surface area contributed by atoms with Crippen molar-refractivity contribution in [2.45, 2.75) is 31.5 Å². The van der Waals surface area contributed by atoms with Crippen LogP contribution in [0.15, 0.2) is 15.2 Å². The topological polar surface area (TPSA) is 29.5 Å².